The van der Waals surface area contributed by atoms with Crippen molar-refractivity contribution in [1.82, 2.24) is 4.90 Å². The van der Waals surface area contributed by atoms with Gasteiger partial charge in [-0.2, -0.15) is 0 Å². The number of sulfonamides is 1. The first kappa shape index (κ1) is 22.7. The number of halogens is 2. The van der Waals surface area contributed by atoms with E-state index < -0.39 is 10.0 Å². The van der Waals surface area contributed by atoms with E-state index in [0.29, 0.717) is 33.0 Å². The summed E-state index contributed by atoms with van der Waals surface area (Å²) in [5.41, 5.74) is 0.370. The molecule has 32 heavy (non-hydrogen) atoms. The van der Waals surface area contributed by atoms with E-state index in [1.807, 2.05) is 7.05 Å². The fraction of sp³-hybridized carbons (Fsp3) is 0.217. The van der Waals surface area contributed by atoms with Crippen LogP contribution in [0, 0.1) is 0 Å². The molecule has 0 aliphatic carbocycles. The van der Waals surface area contributed by atoms with Crippen LogP contribution < -0.4 is 14.2 Å². The number of hydrogen-bond donors (Lipinski definition) is 1. The summed E-state index contributed by atoms with van der Waals surface area (Å²) >= 11 is 12.2. The summed E-state index contributed by atoms with van der Waals surface area (Å²) in [5, 5.41) is 0.988. The molecule has 1 aliphatic rings. The van der Waals surface area contributed by atoms with E-state index in [1.165, 1.54) is 12.1 Å². The number of likely N-dealkylation sites (N-methyl/N-ethyl adjacent to an activating group) is 1. The lowest BCUT2D eigenvalue weighted by atomic mass is 10.3. The quantitative estimate of drug-likeness (QED) is 0.460. The smallest absolute Gasteiger partial charge is 0.261 e. The fourth-order valence-electron chi connectivity index (χ4n) is 3.39. The van der Waals surface area contributed by atoms with Crippen LogP contribution in [0.2, 0.25) is 10.0 Å². The molecule has 1 atom stereocenters. The van der Waals surface area contributed by atoms with Gasteiger partial charge in [0, 0.05) is 24.2 Å². The Balaban J connectivity index is 1.46. The minimum atomic E-state index is -3.81. The standard InChI is InChI=1S/C23H22Cl2N2O4S/c1-27-12-11-20(15-27)31-23-14-17(5-10-22(23)25)26-32(28,29)21-8-6-18(7-9-21)30-19-4-2-3-16(24)13-19/h2-10,13-14,20,26H,11-12,15H2,1H3/t20-/m1/s1. The van der Waals surface area contributed by atoms with Gasteiger partial charge in [0.15, 0.2) is 0 Å². The minimum Gasteiger partial charge on any atom is -0.487 e. The molecule has 4 rings (SSSR count). The molecule has 1 saturated heterocycles. The largest absolute Gasteiger partial charge is 0.487 e. The Labute approximate surface area is 197 Å². The van der Waals surface area contributed by atoms with Crippen LogP contribution in [-0.2, 0) is 10.0 Å². The van der Waals surface area contributed by atoms with Crippen molar-refractivity contribution in [1.29, 1.82) is 0 Å². The summed E-state index contributed by atoms with van der Waals surface area (Å²) in [6.07, 6.45) is 0.920. The van der Waals surface area contributed by atoms with Gasteiger partial charge in [-0.15, -0.1) is 0 Å². The van der Waals surface area contributed by atoms with Gasteiger partial charge in [-0.25, -0.2) is 8.42 Å². The van der Waals surface area contributed by atoms with Crippen molar-refractivity contribution in [2.24, 2.45) is 0 Å². The number of anilines is 1. The zero-order chi connectivity index (χ0) is 22.7. The molecule has 3 aromatic carbocycles. The molecule has 0 radical (unpaired) electrons. The maximum Gasteiger partial charge on any atom is 0.261 e. The van der Waals surface area contributed by atoms with Crippen LogP contribution in [0.3, 0.4) is 0 Å². The topological polar surface area (TPSA) is 67.9 Å². The molecular formula is C23H22Cl2N2O4S. The highest BCUT2D eigenvalue weighted by molar-refractivity contribution is 7.92. The number of likely N-dealkylation sites (tertiary alicyclic amines) is 1. The van der Waals surface area contributed by atoms with Gasteiger partial charge >= 0.3 is 0 Å². The Morgan fingerprint density at radius 1 is 1.00 bits per heavy atom. The van der Waals surface area contributed by atoms with Gasteiger partial charge in [0.2, 0.25) is 0 Å². The first-order valence-corrected chi connectivity index (χ1v) is 12.2. The van der Waals surface area contributed by atoms with Crippen molar-refractivity contribution >= 4 is 38.9 Å². The van der Waals surface area contributed by atoms with E-state index in [0.717, 1.165) is 19.5 Å². The number of ether oxygens (including phenoxy) is 2. The predicted molar refractivity (Wildman–Crippen MR) is 127 cm³/mol. The molecule has 0 spiro atoms. The van der Waals surface area contributed by atoms with Crippen molar-refractivity contribution in [2.45, 2.75) is 17.4 Å². The third-order valence-corrected chi connectivity index (χ3v) is 6.94. The van der Waals surface area contributed by atoms with Gasteiger partial charge in [0.05, 0.1) is 15.6 Å². The third kappa shape index (κ3) is 5.66. The molecular weight excluding hydrogens is 471 g/mol. The van der Waals surface area contributed by atoms with Crippen molar-refractivity contribution in [3.05, 3.63) is 76.8 Å². The maximum absolute atomic E-state index is 12.8. The first-order valence-electron chi connectivity index (χ1n) is 9.99. The van der Waals surface area contributed by atoms with Gasteiger partial charge in [-0.1, -0.05) is 29.3 Å². The Kier molecular flexibility index (Phi) is 6.81. The van der Waals surface area contributed by atoms with E-state index in [9.17, 15) is 8.42 Å². The summed E-state index contributed by atoms with van der Waals surface area (Å²) in [4.78, 5) is 2.27. The minimum absolute atomic E-state index is 0.0244. The molecule has 0 bridgehead atoms. The van der Waals surface area contributed by atoms with Gasteiger partial charge in [-0.05, 0) is 68.1 Å². The average Bonchev–Trinajstić information content (AvgIpc) is 3.15. The second kappa shape index (κ2) is 9.58. The maximum atomic E-state index is 12.8. The van der Waals surface area contributed by atoms with Gasteiger partial charge in [-0.3, -0.25) is 4.72 Å². The summed E-state index contributed by atoms with van der Waals surface area (Å²) in [6.45, 7) is 1.75. The summed E-state index contributed by atoms with van der Waals surface area (Å²) in [5.74, 6) is 1.51. The Morgan fingerprint density at radius 3 is 2.47 bits per heavy atom. The van der Waals surface area contributed by atoms with Crippen LogP contribution in [0.25, 0.3) is 0 Å². The van der Waals surface area contributed by atoms with E-state index >= 15 is 0 Å². The number of rotatable bonds is 7. The number of nitrogens with zero attached hydrogens (tertiary/aromatic N) is 1. The Morgan fingerprint density at radius 2 is 1.78 bits per heavy atom. The van der Waals surface area contributed by atoms with E-state index in [1.54, 1.807) is 54.6 Å². The van der Waals surface area contributed by atoms with Crippen molar-refractivity contribution < 1.29 is 17.9 Å². The van der Waals surface area contributed by atoms with Crippen LogP contribution in [-0.4, -0.2) is 39.6 Å². The van der Waals surface area contributed by atoms with Crippen LogP contribution in [0.5, 0.6) is 17.2 Å². The molecule has 1 heterocycles. The highest BCUT2D eigenvalue weighted by atomic mass is 35.5. The van der Waals surface area contributed by atoms with Crippen LogP contribution in [0.15, 0.2) is 71.6 Å². The van der Waals surface area contributed by atoms with Gasteiger partial charge in [0.1, 0.15) is 23.4 Å². The molecule has 0 amide bonds. The highest BCUT2D eigenvalue weighted by Crippen LogP contribution is 2.31. The van der Waals surface area contributed by atoms with Crippen molar-refractivity contribution in [2.75, 3.05) is 24.9 Å². The normalized spacial score (nSPS) is 16.7. The molecule has 1 fully saturated rings. The molecule has 3 aromatic rings. The monoisotopic (exact) mass is 492 g/mol. The Bertz CT molecular complexity index is 1200. The van der Waals surface area contributed by atoms with Gasteiger partial charge < -0.3 is 14.4 Å². The van der Waals surface area contributed by atoms with Crippen molar-refractivity contribution in [3.8, 4) is 17.2 Å². The SMILES string of the molecule is CN1CC[C@@H](Oc2cc(NS(=O)(=O)c3ccc(Oc4cccc(Cl)c4)cc3)ccc2Cl)C1. The lowest BCUT2D eigenvalue weighted by Gasteiger charge is -2.16. The summed E-state index contributed by atoms with van der Waals surface area (Å²) in [7, 11) is -1.78. The Hall–Kier alpha value is -2.45. The third-order valence-electron chi connectivity index (χ3n) is 4.99. The van der Waals surface area contributed by atoms with E-state index in [-0.39, 0.29) is 11.0 Å². The summed E-state index contributed by atoms with van der Waals surface area (Å²) < 4.78 is 40.0. The fourth-order valence-corrected chi connectivity index (χ4v) is 4.79. The van der Waals surface area contributed by atoms with E-state index in [4.69, 9.17) is 32.7 Å². The van der Waals surface area contributed by atoms with Gasteiger partial charge in [0.25, 0.3) is 10.0 Å². The predicted octanol–water partition coefficient (Wildman–Crippen LogP) is 5.67. The van der Waals surface area contributed by atoms with Crippen LogP contribution in [0.4, 0.5) is 5.69 Å². The summed E-state index contributed by atoms with van der Waals surface area (Å²) in [6, 6.07) is 17.9. The molecule has 0 unspecified atom stereocenters. The molecule has 6 nitrogen and oxygen atoms in total. The average molecular weight is 493 g/mol. The molecule has 1 N–H and O–H groups in total. The zero-order valence-corrected chi connectivity index (χ0v) is 19.6. The molecule has 168 valence electrons. The lowest BCUT2D eigenvalue weighted by molar-refractivity contribution is 0.208. The van der Waals surface area contributed by atoms with Crippen LogP contribution in [0.1, 0.15) is 6.42 Å². The second-order valence-corrected chi connectivity index (χ2v) is 10.1. The first-order chi connectivity index (χ1) is 15.3. The molecule has 0 aromatic heterocycles. The zero-order valence-electron chi connectivity index (χ0n) is 17.3. The van der Waals surface area contributed by atoms with E-state index in [2.05, 4.69) is 9.62 Å². The molecule has 0 saturated carbocycles. The van der Waals surface area contributed by atoms with Crippen molar-refractivity contribution in [3.63, 3.8) is 0 Å². The second-order valence-electron chi connectivity index (χ2n) is 7.57. The van der Waals surface area contributed by atoms with Crippen LogP contribution >= 0.6 is 23.2 Å². The highest BCUT2D eigenvalue weighted by Gasteiger charge is 2.22. The lowest BCUT2D eigenvalue weighted by Crippen LogP contribution is -2.21. The number of nitrogens with one attached hydrogen (secondary N) is 1. The molecule has 1 aliphatic heterocycles. The number of benzene rings is 3. The molecule has 9 heteroatoms. The number of hydrogen-bond acceptors (Lipinski definition) is 5.